The van der Waals surface area contributed by atoms with E-state index in [-0.39, 0.29) is 28.1 Å². The van der Waals surface area contributed by atoms with Gasteiger partial charge in [-0.05, 0) is 25.0 Å². The summed E-state index contributed by atoms with van der Waals surface area (Å²) in [6, 6.07) is 2.69. The third-order valence-corrected chi connectivity index (χ3v) is 6.95. The van der Waals surface area contributed by atoms with Crippen LogP contribution in [0.4, 0.5) is 0 Å². The summed E-state index contributed by atoms with van der Waals surface area (Å²) in [4.78, 5) is 63.6. The Morgan fingerprint density at radius 1 is 0.611 bits per heavy atom. The number of nitrogens with zero attached hydrogens (tertiary/aromatic N) is 2. The van der Waals surface area contributed by atoms with Crippen LogP contribution >= 0.6 is 0 Å². The van der Waals surface area contributed by atoms with Crippen molar-refractivity contribution in [3.05, 3.63) is 53.5 Å². The fourth-order valence-electron chi connectivity index (χ4n) is 4.78. The second-order valence-electron chi connectivity index (χ2n) is 9.79. The van der Waals surface area contributed by atoms with E-state index < -0.39 is 28.1 Å². The second kappa shape index (κ2) is 13.3. The number of unbranched alkanes of at least 4 members (excludes halogenated alkanes) is 10. The Hall–Kier alpha value is -3.03. The van der Waals surface area contributed by atoms with Crippen LogP contribution in [0.5, 0.6) is 0 Å². The minimum Gasteiger partial charge on any atom is -0.355 e. The standard InChI is InChI=1S/C28H39N3O5/c1-3-5-7-8-9-10-11-12-13-14-16-30-25(33)20-17-22-23(18-21(20)26(30)34)28(36)31(27(22)35)19-24(32)29-15-6-4-2/h17-18H,3-16,19H2,1-2H3,(H,29,32). The van der Waals surface area contributed by atoms with Crippen molar-refractivity contribution in [2.75, 3.05) is 6.54 Å². The lowest BCUT2D eigenvalue weighted by Crippen LogP contribution is -2.35. The van der Waals surface area contributed by atoms with Gasteiger partial charge in [0, 0.05) is 13.1 Å². The molecule has 0 fully saturated rings. The van der Waals surface area contributed by atoms with Crippen molar-refractivity contribution in [2.24, 2.45) is 0 Å². The van der Waals surface area contributed by atoms with E-state index in [0.717, 1.165) is 43.1 Å². The molecule has 0 unspecified atom stereocenters. The average molecular weight is 498 g/mol. The molecule has 0 aliphatic carbocycles. The first kappa shape index (κ1) is 27.6. The van der Waals surface area contributed by atoms with Gasteiger partial charge in [-0.3, -0.25) is 33.1 Å². The number of hydrogen-bond donors (Lipinski definition) is 1. The monoisotopic (exact) mass is 497 g/mol. The van der Waals surface area contributed by atoms with Gasteiger partial charge in [0.1, 0.15) is 6.54 Å². The summed E-state index contributed by atoms with van der Waals surface area (Å²) in [5.41, 5.74) is -2.08. The number of benzene rings is 1. The minimum atomic E-state index is -0.614. The zero-order valence-electron chi connectivity index (χ0n) is 21.7. The van der Waals surface area contributed by atoms with Crippen LogP contribution in [0.3, 0.4) is 0 Å². The van der Waals surface area contributed by atoms with Crippen molar-refractivity contribution < 1.29 is 4.79 Å². The van der Waals surface area contributed by atoms with E-state index in [9.17, 15) is 24.0 Å². The van der Waals surface area contributed by atoms with Crippen LogP contribution < -0.4 is 27.6 Å². The predicted octanol–water partition coefficient (Wildman–Crippen LogP) is 3.75. The average Bonchev–Trinajstić information content (AvgIpc) is 3.24. The molecule has 2 aromatic heterocycles. The van der Waals surface area contributed by atoms with Crippen molar-refractivity contribution in [1.82, 2.24) is 14.5 Å². The molecule has 8 nitrogen and oxygen atoms in total. The van der Waals surface area contributed by atoms with E-state index in [1.54, 1.807) is 0 Å². The number of rotatable bonds is 16. The quantitative estimate of drug-likeness (QED) is 0.303. The molecule has 2 heterocycles. The van der Waals surface area contributed by atoms with Crippen molar-refractivity contribution in [3.8, 4) is 0 Å². The SMILES string of the molecule is CCCCCCCCCCCCn1c(=O)c2cc3c(=O)n(CC(=O)NCCCC)c(=O)c3cc2c1=O. The number of nitrogens with one attached hydrogen (secondary N) is 1. The highest BCUT2D eigenvalue weighted by atomic mass is 16.2. The molecular formula is C28H39N3O5. The fraction of sp³-hybridized carbons (Fsp3) is 0.607. The number of hydrogen-bond acceptors (Lipinski definition) is 5. The molecule has 1 amide bonds. The van der Waals surface area contributed by atoms with Gasteiger partial charge >= 0.3 is 0 Å². The Kier molecular flexibility index (Phi) is 10.2. The molecule has 0 spiro atoms. The Balaban J connectivity index is 1.67. The van der Waals surface area contributed by atoms with E-state index in [0.29, 0.717) is 13.1 Å². The maximum absolute atomic E-state index is 12.9. The molecule has 0 bridgehead atoms. The number of carbonyl (C=O) groups is 1. The summed E-state index contributed by atoms with van der Waals surface area (Å²) in [5.74, 6) is -0.416. The van der Waals surface area contributed by atoms with Gasteiger partial charge in [0.2, 0.25) is 5.91 Å². The molecule has 196 valence electrons. The van der Waals surface area contributed by atoms with Crippen LogP contribution in [0, 0.1) is 0 Å². The number of aromatic nitrogens is 2. The van der Waals surface area contributed by atoms with Crippen molar-refractivity contribution >= 4 is 27.5 Å². The molecule has 3 aromatic rings. The molecule has 0 atom stereocenters. The van der Waals surface area contributed by atoms with Gasteiger partial charge < -0.3 is 5.32 Å². The van der Waals surface area contributed by atoms with Crippen molar-refractivity contribution in [2.45, 2.75) is 104 Å². The first-order valence-corrected chi connectivity index (χ1v) is 13.6. The highest BCUT2D eigenvalue weighted by Gasteiger charge is 2.20. The zero-order valence-corrected chi connectivity index (χ0v) is 21.7. The largest absolute Gasteiger partial charge is 0.355 e. The summed E-state index contributed by atoms with van der Waals surface area (Å²) in [7, 11) is 0. The third kappa shape index (κ3) is 6.39. The Morgan fingerprint density at radius 3 is 1.50 bits per heavy atom. The van der Waals surface area contributed by atoms with Crippen LogP contribution in [0.15, 0.2) is 31.3 Å². The van der Waals surface area contributed by atoms with E-state index in [1.165, 1.54) is 55.2 Å². The first-order valence-electron chi connectivity index (χ1n) is 13.6. The van der Waals surface area contributed by atoms with Gasteiger partial charge in [-0.25, -0.2) is 0 Å². The Bertz CT molecular complexity index is 1300. The molecule has 0 saturated carbocycles. The maximum atomic E-state index is 12.9. The fourth-order valence-corrected chi connectivity index (χ4v) is 4.78. The van der Waals surface area contributed by atoms with Crippen molar-refractivity contribution in [1.29, 1.82) is 0 Å². The van der Waals surface area contributed by atoms with Crippen LogP contribution in [-0.2, 0) is 17.9 Å². The lowest BCUT2D eigenvalue weighted by Gasteiger charge is -2.03. The topological polar surface area (TPSA) is 107 Å². The van der Waals surface area contributed by atoms with Gasteiger partial charge in [-0.15, -0.1) is 0 Å². The normalized spacial score (nSPS) is 11.6. The lowest BCUT2D eigenvalue weighted by atomic mass is 10.1. The van der Waals surface area contributed by atoms with E-state index in [1.807, 2.05) is 6.92 Å². The van der Waals surface area contributed by atoms with Gasteiger partial charge in [-0.2, -0.15) is 0 Å². The molecule has 0 radical (unpaired) electrons. The van der Waals surface area contributed by atoms with Gasteiger partial charge in [0.15, 0.2) is 0 Å². The minimum absolute atomic E-state index is 0.0713. The Labute approximate surface area is 211 Å². The van der Waals surface area contributed by atoms with Crippen LogP contribution in [-0.4, -0.2) is 21.6 Å². The molecule has 36 heavy (non-hydrogen) atoms. The summed E-state index contributed by atoms with van der Waals surface area (Å²) < 4.78 is 2.09. The van der Waals surface area contributed by atoms with Crippen LogP contribution in [0.1, 0.15) is 90.9 Å². The molecule has 0 aliphatic rings. The Morgan fingerprint density at radius 2 is 1.03 bits per heavy atom. The highest BCUT2D eigenvalue weighted by molar-refractivity contribution is 5.98. The summed E-state index contributed by atoms with van der Waals surface area (Å²) in [6.45, 7) is 4.64. The van der Waals surface area contributed by atoms with Crippen LogP contribution in [0.25, 0.3) is 21.5 Å². The number of amides is 1. The summed E-state index contributed by atoms with van der Waals surface area (Å²) in [5, 5.41) is 3.14. The van der Waals surface area contributed by atoms with Gasteiger partial charge in [0.05, 0.1) is 21.5 Å². The number of carbonyl (C=O) groups excluding carboxylic acids is 1. The third-order valence-electron chi connectivity index (χ3n) is 6.95. The molecule has 8 heteroatoms. The van der Waals surface area contributed by atoms with Crippen molar-refractivity contribution in [3.63, 3.8) is 0 Å². The molecule has 1 aromatic carbocycles. The number of fused-ring (bicyclic) bond motifs is 2. The van der Waals surface area contributed by atoms with Gasteiger partial charge in [-0.1, -0.05) is 78.1 Å². The molecular weight excluding hydrogens is 458 g/mol. The van der Waals surface area contributed by atoms with E-state index >= 15 is 0 Å². The molecule has 1 N–H and O–H groups in total. The van der Waals surface area contributed by atoms with Gasteiger partial charge in [0.25, 0.3) is 22.2 Å². The zero-order chi connectivity index (χ0) is 26.1. The van der Waals surface area contributed by atoms with Crippen LogP contribution in [0.2, 0.25) is 0 Å². The summed E-state index contributed by atoms with van der Waals surface area (Å²) in [6.07, 6.45) is 13.3. The predicted molar refractivity (Wildman–Crippen MR) is 145 cm³/mol. The lowest BCUT2D eigenvalue weighted by molar-refractivity contribution is -0.121. The van der Waals surface area contributed by atoms with E-state index in [4.69, 9.17) is 0 Å². The second-order valence-corrected chi connectivity index (χ2v) is 9.79. The smallest absolute Gasteiger partial charge is 0.262 e. The van der Waals surface area contributed by atoms with E-state index in [2.05, 4.69) is 12.2 Å². The summed E-state index contributed by atoms with van der Waals surface area (Å²) >= 11 is 0. The molecule has 0 saturated heterocycles. The molecule has 3 rings (SSSR count). The maximum Gasteiger partial charge on any atom is 0.262 e. The highest BCUT2D eigenvalue weighted by Crippen LogP contribution is 2.15. The first-order chi connectivity index (χ1) is 17.4. The molecule has 0 aliphatic heterocycles.